The van der Waals surface area contributed by atoms with Crippen molar-refractivity contribution in [3.8, 4) is 11.5 Å². The molecule has 0 saturated carbocycles. The summed E-state index contributed by atoms with van der Waals surface area (Å²) in [5, 5.41) is 11.6. The van der Waals surface area contributed by atoms with Gasteiger partial charge in [-0.05, 0) is 43.7 Å². The van der Waals surface area contributed by atoms with Crippen molar-refractivity contribution in [2.24, 2.45) is 0 Å². The number of amides is 1. The van der Waals surface area contributed by atoms with E-state index in [2.05, 4.69) is 5.32 Å². The summed E-state index contributed by atoms with van der Waals surface area (Å²) in [6.45, 7) is 4.19. The fourth-order valence-electron chi connectivity index (χ4n) is 2.08. The summed E-state index contributed by atoms with van der Waals surface area (Å²) in [7, 11) is 0. The maximum absolute atomic E-state index is 11.8. The number of carboxylic acid groups (broad SMARTS) is 1. The number of benzene rings is 1. The Balaban J connectivity index is 1.77. The van der Waals surface area contributed by atoms with E-state index >= 15 is 0 Å². The molecule has 0 aliphatic heterocycles. The zero-order valence-electron chi connectivity index (χ0n) is 14.2. The van der Waals surface area contributed by atoms with Crippen molar-refractivity contribution < 1.29 is 28.6 Å². The first-order valence-electron chi connectivity index (χ1n) is 7.94. The molecule has 7 nitrogen and oxygen atoms in total. The van der Waals surface area contributed by atoms with Gasteiger partial charge < -0.3 is 24.3 Å². The van der Waals surface area contributed by atoms with Gasteiger partial charge in [0.1, 0.15) is 28.6 Å². The van der Waals surface area contributed by atoms with E-state index in [0.29, 0.717) is 23.9 Å². The number of furan rings is 1. The van der Waals surface area contributed by atoms with E-state index in [1.165, 1.54) is 6.07 Å². The first-order valence-corrected chi connectivity index (χ1v) is 7.94. The Morgan fingerprint density at radius 1 is 1.16 bits per heavy atom. The Labute approximate surface area is 145 Å². The van der Waals surface area contributed by atoms with Gasteiger partial charge in [-0.15, -0.1) is 0 Å². The Morgan fingerprint density at radius 3 is 2.36 bits per heavy atom. The first kappa shape index (κ1) is 18.4. The third-order valence-electron chi connectivity index (χ3n) is 3.33. The molecule has 0 aliphatic rings. The van der Waals surface area contributed by atoms with Gasteiger partial charge in [-0.3, -0.25) is 4.79 Å². The minimum Gasteiger partial charge on any atom is -0.494 e. The molecular formula is C18H21NO6. The standard InChI is InChI=1S/C18H21NO6/c1-3-8-23-13-4-6-14(7-5-13)24-11-17(20)19-10-15-9-16(18(21)22)12(2)25-15/h4-7,9H,3,8,10-11H2,1-2H3,(H,19,20)(H,21,22). The molecule has 1 heterocycles. The molecule has 0 spiro atoms. The smallest absolute Gasteiger partial charge is 0.339 e. The number of hydrogen-bond donors (Lipinski definition) is 2. The fourth-order valence-corrected chi connectivity index (χ4v) is 2.08. The van der Waals surface area contributed by atoms with Gasteiger partial charge in [0.25, 0.3) is 5.91 Å². The molecule has 25 heavy (non-hydrogen) atoms. The topological polar surface area (TPSA) is 98.0 Å². The lowest BCUT2D eigenvalue weighted by Crippen LogP contribution is -2.28. The van der Waals surface area contributed by atoms with Crippen LogP contribution in [-0.4, -0.2) is 30.2 Å². The minimum atomic E-state index is -1.06. The van der Waals surface area contributed by atoms with Gasteiger partial charge in [-0.1, -0.05) is 6.92 Å². The lowest BCUT2D eigenvalue weighted by Gasteiger charge is -2.08. The molecule has 1 amide bonds. The number of aryl methyl sites for hydroxylation is 1. The average Bonchev–Trinajstić information content (AvgIpc) is 2.98. The van der Waals surface area contributed by atoms with Crippen molar-refractivity contribution in [2.45, 2.75) is 26.8 Å². The van der Waals surface area contributed by atoms with Crippen LogP contribution in [0.5, 0.6) is 11.5 Å². The van der Waals surface area contributed by atoms with Gasteiger partial charge in [-0.25, -0.2) is 4.79 Å². The van der Waals surface area contributed by atoms with Crippen molar-refractivity contribution in [2.75, 3.05) is 13.2 Å². The average molecular weight is 347 g/mol. The van der Waals surface area contributed by atoms with E-state index in [1.54, 1.807) is 31.2 Å². The zero-order valence-corrected chi connectivity index (χ0v) is 14.2. The van der Waals surface area contributed by atoms with Crippen molar-refractivity contribution in [3.63, 3.8) is 0 Å². The predicted molar refractivity (Wildman–Crippen MR) is 90.0 cm³/mol. The molecular weight excluding hydrogens is 326 g/mol. The van der Waals surface area contributed by atoms with Gasteiger partial charge in [0.2, 0.25) is 0 Å². The van der Waals surface area contributed by atoms with Crippen LogP contribution in [0.4, 0.5) is 0 Å². The van der Waals surface area contributed by atoms with Gasteiger partial charge in [-0.2, -0.15) is 0 Å². The van der Waals surface area contributed by atoms with Crippen LogP contribution in [0.15, 0.2) is 34.7 Å². The molecule has 1 aromatic carbocycles. The van der Waals surface area contributed by atoms with Crippen molar-refractivity contribution in [3.05, 3.63) is 47.4 Å². The van der Waals surface area contributed by atoms with E-state index in [1.807, 2.05) is 6.92 Å². The number of hydrogen-bond acceptors (Lipinski definition) is 5. The van der Waals surface area contributed by atoms with Gasteiger partial charge >= 0.3 is 5.97 Å². The molecule has 134 valence electrons. The maximum atomic E-state index is 11.8. The van der Waals surface area contributed by atoms with Crippen LogP contribution in [0.1, 0.15) is 35.2 Å². The highest BCUT2D eigenvalue weighted by atomic mass is 16.5. The van der Waals surface area contributed by atoms with Crippen LogP contribution in [0, 0.1) is 6.92 Å². The van der Waals surface area contributed by atoms with Crippen molar-refractivity contribution >= 4 is 11.9 Å². The molecule has 0 saturated heterocycles. The van der Waals surface area contributed by atoms with Gasteiger partial charge in [0, 0.05) is 0 Å². The van der Waals surface area contributed by atoms with E-state index in [9.17, 15) is 9.59 Å². The van der Waals surface area contributed by atoms with E-state index in [0.717, 1.165) is 12.2 Å². The third-order valence-corrected chi connectivity index (χ3v) is 3.33. The van der Waals surface area contributed by atoms with E-state index in [-0.39, 0.29) is 24.6 Å². The van der Waals surface area contributed by atoms with Gasteiger partial charge in [0.05, 0.1) is 13.2 Å². The highest BCUT2D eigenvalue weighted by Gasteiger charge is 2.14. The molecule has 1 aromatic heterocycles. The molecule has 7 heteroatoms. The molecule has 0 atom stereocenters. The number of ether oxygens (including phenoxy) is 2. The summed E-state index contributed by atoms with van der Waals surface area (Å²) in [4.78, 5) is 22.7. The summed E-state index contributed by atoms with van der Waals surface area (Å²) >= 11 is 0. The molecule has 0 unspecified atom stereocenters. The molecule has 0 radical (unpaired) electrons. The summed E-state index contributed by atoms with van der Waals surface area (Å²) < 4.78 is 16.1. The molecule has 2 rings (SSSR count). The second kappa shape index (κ2) is 8.77. The van der Waals surface area contributed by atoms with Crippen LogP contribution in [0.2, 0.25) is 0 Å². The van der Waals surface area contributed by atoms with Crippen molar-refractivity contribution in [1.29, 1.82) is 0 Å². The predicted octanol–water partition coefficient (Wildman–Crippen LogP) is 2.77. The largest absolute Gasteiger partial charge is 0.494 e. The Bertz CT molecular complexity index is 720. The Morgan fingerprint density at radius 2 is 1.80 bits per heavy atom. The van der Waals surface area contributed by atoms with Crippen LogP contribution in [0.3, 0.4) is 0 Å². The van der Waals surface area contributed by atoms with Crippen LogP contribution in [-0.2, 0) is 11.3 Å². The highest BCUT2D eigenvalue weighted by molar-refractivity contribution is 5.88. The number of aromatic carboxylic acids is 1. The second-order valence-corrected chi connectivity index (χ2v) is 5.37. The first-order chi connectivity index (χ1) is 12.0. The monoisotopic (exact) mass is 347 g/mol. The van der Waals surface area contributed by atoms with Crippen molar-refractivity contribution in [1.82, 2.24) is 5.32 Å². The lowest BCUT2D eigenvalue weighted by atomic mass is 10.2. The number of carboxylic acids is 1. The van der Waals surface area contributed by atoms with Gasteiger partial charge in [0.15, 0.2) is 6.61 Å². The number of carbonyl (C=O) groups is 2. The summed E-state index contributed by atoms with van der Waals surface area (Å²) in [6, 6.07) is 8.42. The number of nitrogens with one attached hydrogen (secondary N) is 1. The molecule has 0 aliphatic carbocycles. The fraction of sp³-hybridized carbons (Fsp3) is 0.333. The SMILES string of the molecule is CCCOc1ccc(OCC(=O)NCc2cc(C(=O)O)c(C)o2)cc1. The zero-order chi connectivity index (χ0) is 18.2. The van der Waals surface area contributed by atoms with Crippen LogP contribution < -0.4 is 14.8 Å². The minimum absolute atomic E-state index is 0.0888. The normalized spacial score (nSPS) is 10.3. The summed E-state index contributed by atoms with van der Waals surface area (Å²) in [6.07, 6.45) is 0.932. The summed E-state index contributed by atoms with van der Waals surface area (Å²) in [5.41, 5.74) is 0.0888. The molecule has 2 aromatic rings. The Kier molecular flexibility index (Phi) is 6.45. The van der Waals surface area contributed by atoms with E-state index < -0.39 is 5.97 Å². The number of carbonyl (C=O) groups excluding carboxylic acids is 1. The summed E-state index contributed by atoms with van der Waals surface area (Å²) in [5.74, 6) is 0.590. The second-order valence-electron chi connectivity index (χ2n) is 5.37. The van der Waals surface area contributed by atoms with Crippen LogP contribution in [0.25, 0.3) is 0 Å². The van der Waals surface area contributed by atoms with E-state index in [4.69, 9.17) is 19.0 Å². The maximum Gasteiger partial charge on any atom is 0.339 e. The highest BCUT2D eigenvalue weighted by Crippen LogP contribution is 2.18. The quantitative estimate of drug-likeness (QED) is 0.724. The molecule has 2 N–H and O–H groups in total. The van der Waals surface area contributed by atoms with Crippen LogP contribution >= 0.6 is 0 Å². The third kappa shape index (κ3) is 5.56. The lowest BCUT2D eigenvalue weighted by molar-refractivity contribution is -0.123. The molecule has 0 bridgehead atoms. The number of rotatable bonds is 9. The molecule has 0 fully saturated rings. The Hall–Kier alpha value is -2.96.